The van der Waals surface area contributed by atoms with Crippen molar-refractivity contribution >= 4 is 62.3 Å². The largest absolute Gasteiger partial charge is 0.354 e. The minimum atomic E-state index is -3.88. The summed E-state index contributed by atoms with van der Waals surface area (Å²) in [7, 11) is -3.88. The van der Waals surface area contributed by atoms with Gasteiger partial charge in [0.25, 0.3) is 0 Å². The minimum Gasteiger partial charge on any atom is -0.354 e. The quantitative estimate of drug-likeness (QED) is 0.418. The van der Waals surface area contributed by atoms with Gasteiger partial charge < -0.3 is 10.2 Å². The first-order valence-electron chi connectivity index (χ1n) is 11.1. The van der Waals surface area contributed by atoms with Crippen molar-refractivity contribution in [1.82, 2.24) is 10.2 Å². The number of carbonyl (C=O) groups is 2. The summed E-state index contributed by atoms with van der Waals surface area (Å²) in [5.74, 6) is -0.626. The van der Waals surface area contributed by atoms with Crippen LogP contribution in [0.5, 0.6) is 0 Å². The Labute approximate surface area is 222 Å². The highest BCUT2D eigenvalue weighted by molar-refractivity contribution is 7.92. The zero-order valence-corrected chi connectivity index (χ0v) is 23.2. The topological polar surface area (TPSA) is 86.8 Å². The van der Waals surface area contributed by atoms with Gasteiger partial charge >= 0.3 is 0 Å². The van der Waals surface area contributed by atoms with Crippen LogP contribution in [0.4, 0.5) is 5.69 Å². The third-order valence-corrected chi connectivity index (χ3v) is 6.98. The zero-order chi connectivity index (χ0) is 26.3. The van der Waals surface area contributed by atoms with Gasteiger partial charge in [0, 0.05) is 28.2 Å². The average Bonchev–Trinajstić information content (AvgIpc) is 2.75. The standard InChI is InChI=1S/C24H30Cl3N3O4S/c1-5-22(24(32)28-13-16(2)3)29(14-17-6-8-18(25)9-7-17)23(31)15-30(35(4,33)34)21-11-19(26)10-20(27)12-21/h6-12,16,22H,5,13-15H2,1-4H3,(H,28,32)/t22-/m1/s1. The molecule has 0 aliphatic carbocycles. The molecule has 35 heavy (non-hydrogen) atoms. The fourth-order valence-electron chi connectivity index (χ4n) is 3.43. The summed E-state index contributed by atoms with van der Waals surface area (Å²) >= 11 is 18.1. The van der Waals surface area contributed by atoms with E-state index in [1.807, 2.05) is 13.8 Å². The van der Waals surface area contributed by atoms with Gasteiger partial charge in [0.1, 0.15) is 12.6 Å². The smallest absolute Gasteiger partial charge is 0.244 e. The molecule has 192 valence electrons. The van der Waals surface area contributed by atoms with Crippen molar-refractivity contribution in [3.63, 3.8) is 0 Å². The molecule has 0 unspecified atom stereocenters. The number of anilines is 1. The van der Waals surface area contributed by atoms with E-state index in [4.69, 9.17) is 34.8 Å². The van der Waals surface area contributed by atoms with Gasteiger partial charge in [-0.1, -0.05) is 67.7 Å². The lowest BCUT2D eigenvalue weighted by Crippen LogP contribution is -2.52. The van der Waals surface area contributed by atoms with Gasteiger partial charge in [0.2, 0.25) is 21.8 Å². The van der Waals surface area contributed by atoms with Gasteiger partial charge in [-0.15, -0.1) is 0 Å². The predicted molar refractivity (Wildman–Crippen MR) is 143 cm³/mol. The minimum absolute atomic E-state index is 0.0948. The average molecular weight is 563 g/mol. The normalized spacial score (nSPS) is 12.3. The van der Waals surface area contributed by atoms with E-state index < -0.39 is 28.5 Å². The third kappa shape index (κ3) is 8.86. The highest BCUT2D eigenvalue weighted by Gasteiger charge is 2.32. The highest BCUT2D eigenvalue weighted by atomic mass is 35.5. The van der Waals surface area contributed by atoms with E-state index in [1.165, 1.54) is 23.1 Å². The van der Waals surface area contributed by atoms with E-state index in [0.29, 0.717) is 18.0 Å². The SMILES string of the molecule is CC[C@H](C(=O)NCC(C)C)N(Cc1ccc(Cl)cc1)C(=O)CN(c1cc(Cl)cc(Cl)c1)S(C)(=O)=O. The molecule has 0 fully saturated rings. The monoisotopic (exact) mass is 561 g/mol. The molecule has 1 atom stereocenters. The molecule has 2 aromatic rings. The summed E-state index contributed by atoms with van der Waals surface area (Å²) in [6.07, 6.45) is 1.33. The van der Waals surface area contributed by atoms with Crippen molar-refractivity contribution in [1.29, 1.82) is 0 Å². The first-order valence-corrected chi connectivity index (χ1v) is 14.1. The molecule has 1 N–H and O–H groups in total. The molecule has 11 heteroatoms. The number of nitrogens with zero attached hydrogens (tertiary/aromatic N) is 2. The fraction of sp³-hybridized carbons (Fsp3) is 0.417. The first kappa shape index (κ1) is 29.2. The highest BCUT2D eigenvalue weighted by Crippen LogP contribution is 2.27. The number of benzene rings is 2. The number of nitrogens with one attached hydrogen (secondary N) is 1. The second-order valence-electron chi connectivity index (χ2n) is 8.61. The molecule has 0 saturated heterocycles. The van der Waals surface area contributed by atoms with E-state index in [-0.39, 0.29) is 34.1 Å². The fourth-order valence-corrected chi connectivity index (χ4v) is 4.90. The maximum Gasteiger partial charge on any atom is 0.244 e. The van der Waals surface area contributed by atoms with Gasteiger partial charge in [-0.05, 0) is 48.2 Å². The summed E-state index contributed by atoms with van der Waals surface area (Å²) in [5, 5.41) is 3.87. The van der Waals surface area contributed by atoms with E-state index in [0.717, 1.165) is 16.1 Å². The number of carbonyl (C=O) groups excluding carboxylic acids is 2. The van der Waals surface area contributed by atoms with Crippen LogP contribution in [0, 0.1) is 5.92 Å². The van der Waals surface area contributed by atoms with Crippen molar-refractivity contribution in [2.24, 2.45) is 5.92 Å². The van der Waals surface area contributed by atoms with Crippen LogP contribution in [0.25, 0.3) is 0 Å². The lowest BCUT2D eigenvalue weighted by atomic mass is 10.1. The summed E-state index contributed by atoms with van der Waals surface area (Å²) in [4.78, 5) is 28.0. The maximum absolute atomic E-state index is 13.6. The molecule has 0 spiro atoms. The Morgan fingerprint density at radius 2 is 1.54 bits per heavy atom. The molecule has 2 aromatic carbocycles. The van der Waals surface area contributed by atoms with Gasteiger partial charge in [-0.2, -0.15) is 0 Å². The lowest BCUT2D eigenvalue weighted by Gasteiger charge is -2.33. The van der Waals surface area contributed by atoms with E-state index in [1.54, 1.807) is 31.2 Å². The molecule has 0 heterocycles. The number of hydrogen-bond acceptors (Lipinski definition) is 4. The van der Waals surface area contributed by atoms with Crippen LogP contribution in [-0.2, 0) is 26.2 Å². The van der Waals surface area contributed by atoms with Crippen LogP contribution in [0.1, 0.15) is 32.8 Å². The Bertz CT molecular complexity index is 1120. The van der Waals surface area contributed by atoms with Crippen molar-refractivity contribution in [2.45, 2.75) is 39.8 Å². The number of hydrogen-bond donors (Lipinski definition) is 1. The Balaban J connectivity index is 2.44. The third-order valence-electron chi connectivity index (χ3n) is 5.15. The second kappa shape index (κ2) is 12.8. The van der Waals surface area contributed by atoms with Crippen molar-refractivity contribution in [3.8, 4) is 0 Å². The summed E-state index contributed by atoms with van der Waals surface area (Å²) in [6.45, 7) is 5.76. The van der Waals surface area contributed by atoms with Crippen LogP contribution < -0.4 is 9.62 Å². The zero-order valence-electron chi connectivity index (χ0n) is 20.1. The Morgan fingerprint density at radius 3 is 2.03 bits per heavy atom. The lowest BCUT2D eigenvalue weighted by molar-refractivity contribution is -0.140. The number of halogens is 3. The van der Waals surface area contributed by atoms with Crippen LogP contribution in [0.2, 0.25) is 15.1 Å². The van der Waals surface area contributed by atoms with Crippen LogP contribution in [0.15, 0.2) is 42.5 Å². The molecule has 0 bridgehead atoms. The summed E-state index contributed by atoms with van der Waals surface area (Å²) in [6, 6.07) is 10.4. The molecule has 2 rings (SSSR count). The Hall–Kier alpha value is -2.00. The summed E-state index contributed by atoms with van der Waals surface area (Å²) in [5.41, 5.74) is 0.900. The molecule has 0 aromatic heterocycles. The molecular weight excluding hydrogens is 533 g/mol. The van der Waals surface area contributed by atoms with E-state index >= 15 is 0 Å². The number of rotatable bonds is 11. The number of amides is 2. The molecule has 7 nitrogen and oxygen atoms in total. The first-order chi connectivity index (χ1) is 16.3. The van der Waals surface area contributed by atoms with Crippen molar-refractivity contribution < 1.29 is 18.0 Å². The second-order valence-corrected chi connectivity index (χ2v) is 11.8. The Kier molecular flexibility index (Phi) is 10.7. The van der Waals surface area contributed by atoms with Gasteiger partial charge in [-0.25, -0.2) is 8.42 Å². The molecule has 0 radical (unpaired) electrons. The van der Waals surface area contributed by atoms with Crippen molar-refractivity contribution in [3.05, 3.63) is 63.1 Å². The summed E-state index contributed by atoms with van der Waals surface area (Å²) < 4.78 is 26.2. The Morgan fingerprint density at radius 1 is 0.971 bits per heavy atom. The molecular formula is C24H30Cl3N3O4S. The van der Waals surface area contributed by atoms with Gasteiger partial charge in [0.05, 0.1) is 11.9 Å². The molecule has 2 amide bonds. The van der Waals surface area contributed by atoms with Crippen molar-refractivity contribution in [2.75, 3.05) is 23.7 Å². The molecule has 0 saturated carbocycles. The predicted octanol–water partition coefficient (Wildman–Crippen LogP) is 4.99. The van der Waals surface area contributed by atoms with E-state index in [2.05, 4.69) is 5.32 Å². The number of sulfonamides is 1. The van der Waals surface area contributed by atoms with Crippen LogP contribution in [-0.4, -0.2) is 50.5 Å². The van der Waals surface area contributed by atoms with E-state index in [9.17, 15) is 18.0 Å². The maximum atomic E-state index is 13.6. The van der Waals surface area contributed by atoms with Crippen LogP contribution in [0.3, 0.4) is 0 Å². The molecule has 0 aliphatic heterocycles. The van der Waals surface area contributed by atoms with Gasteiger partial charge in [-0.3, -0.25) is 13.9 Å². The molecule has 0 aliphatic rings. The van der Waals surface area contributed by atoms with Crippen LogP contribution >= 0.6 is 34.8 Å². The van der Waals surface area contributed by atoms with Gasteiger partial charge in [0.15, 0.2) is 0 Å².